The van der Waals surface area contributed by atoms with E-state index in [1.807, 2.05) is 6.07 Å². The highest BCUT2D eigenvalue weighted by molar-refractivity contribution is 5.86. The van der Waals surface area contributed by atoms with Crippen LogP contribution in [-0.4, -0.2) is 12.5 Å². The SMILES string of the molecule is CC(CN=C(N)N)c1cccc2ccccc12. The van der Waals surface area contributed by atoms with Crippen molar-refractivity contribution in [2.45, 2.75) is 12.8 Å². The highest BCUT2D eigenvalue weighted by Gasteiger charge is 2.08. The molecule has 0 spiro atoms. The molecule has 0 fully saturated rings. The standard InChI is InChI=1S/C14H17N3/c1-10(9-17-14(15)16)12-8-4-6-11-5-2-3-7-13(11)12/h2-8,10H,9H2,1H3,(H4,15,16,17). The molecule has 0 bridgehead atoms. The van der Waals surface area contributed by atoms with Crippen LogP contribution in [0.15, 0.2) is 47.5 Å². The Bertz CT molecular complexity index is 537. The molecule has 0 saturated carbocycles. The summed E-state index contributed by atoms with van der Waals surface area (Å²) in [6, 6.07) is 14.7. The smallest absolute Gasteiger partial charge is 0.185 e. The first-order valence-corrected chi connectivity index (χ1v) is 5.71. The second-order valence-electron chi connectivity index (χ2n) is 4.23. The average molecular weight is 227 g/mol. The highest BCUT2D eigenvalue weighted by Crippen LogP contribution is 2.25. The van der Waals surface area contributed by atoms with E-state index in [4.69, 9.17) is 11.5 Å². The maximum Gasteiger partial charge on any atom is 0.185 e. The average Bonchev–Trinajstić information content (AvgIpc) is 2.35. The number of rotatable bonds is 3. The van der Waals surface area contributed by atoms with Crippen LogP contribution in [0.4, 0.5) is 0 Å². The minimum absolute atomic E-state index is 0.150. The van der Waals surface area contributed by atoms with Gasteiger partial charge in [0.2, 0.25) is 0 Å². The van der Waals surface area contributed by atoms with Crippen LogP contribution < -0.4 is 11.5 Å². The molecule has 0 saturated heterocycles. The van der Waals surface area contributed by atoms with E-state index < -0.39 is 0 Å². The first-order valence-electron chi connectivity index (χ1n) is 5.71. The lowest BCUT2D eigenvalue weighted by molar-refractivity contribution is 0.780. The van der Waals surface area contributed by atoms with E-state index in [9.17, 15) is 0 Å². The zero-order valence-electron chi connectivity index (χ0n) is 9.93. The molecule has 0 aromatic heterocycles. The summed E-state index contributed by atoms with van der Waals surface area (Å²) < 4.78 is 0. The summed E-state index contributed by atoms with van der Waals surface area (Å²) in [5.41, 5.74) is 12.0. The van der Waals surface area contributed by atoms with Gasteiger partial charge in [-0.3, -0.25) is 4.99 Å². The van der Waals surface area contributed by atoms with Crippen molar-refractivity contribution in [3.05, 3.63) is 48.0 Å². The molecule has 88 valence electrons. The monoisotopic (exact) mass is 227 g/mol. The van der Waals surface area contributed by atoms with E-state index in [2.05, 4.69) is 48.3 Å². The van der Waals surface area contributed by atoms with Gasteiger partial charge < -0.3 is 11.5 Å². The van der Waals surface area contributed by atoms with Crippen molar-refractivity contribution in [3.63, 3.8) is 0 Å². The van der Waals surface area contributed by atoms with Crippen LogP contribution in [0.2, 0.25) is 0 Å². The van der Waals surface area contributed by atoms with Gasteiger partial charge >= 0.3 is 0 Å². The van der Waals surface area contributed by atoms with E-state index in [-0.39, 0.29) is 5.96 Å². The van der Waals surface area contributed by atoms with Gasteiger partial charge in [0.05, 0.1) is 0 Å². The van der Waals surface area contributed by atoms with Crippen LogP contribution in [0.3, 0.4) is 0 Å². The molecule has 2 aromatic carbocycles. The fourth-order valence-electron chi connectivity index (χ4n) is 2.02. The first kappa shape index (κ1) is 11.5. The summed E-state index contributed by atoms with van der Waals surface area (Å²) in [5.74, 6) is 0.459. The summed E-state index contributed by atoms with van der Waals surface area (Å²) in [4.78, 5) is 4.08. The third-order valence-corrected chi connectivity index (χ3v) is 2.90. The van der Waals surface area contributed by atoms with Gasteiger partial charge in [-0.2, -0.15) is 0 Å². The summed E-state index contributed by atoms with van der Waals surface area (Å²) >= 11 is 0. The number of nitrogens with zero attached hydrogens (tertiary/aromatic N) is 1. The minimum Gasteiger partial charge on any atom is -0.370 e. The number of guanidine groups is 1. The van der Waals surface area contributed by atoms with E-state index in [1.165, 1.54) is 16.3 Å². The molecule has 0 heterocycles. The Kier molecular flexibility index (Phi) is 3.28. The Morgan fingerprint density at radius 2 is 1.82 bits per heavy atom. The van der Waals surface area contributed by atoms with Crippen LogP contribution in [0.5, 0.6) is 0 Å². The quantitative estimate of drug-likeness (QED) is 0.623. The highest BCUT2D eigenvalue weighted by atomic mass is 15.0. The van der Waals surface area contributed by atoms with E-state index in [1.54, 1.807) is 0 Å². The second-order valence-corrected chi connectivity index (χ2v) is 4.23. The predicted molar refractivity (Wildman–Crippen MR) is 73.0 cm³/mol. The molecular formula is C14H17N3. The van der Waals surface area contributed by atoms with Gasteiger partial charge in [0.25, 0.3) is 0 Å². The fraction of sp³-hybridized carbons (Fsp3) is 0.214. The van der Waals surface area contributed by atoms with Crippen molar-refractivity contribution in [2.24, 2.45) is 16.5 Å². The van der Waals surface area contributed by atoms with Crippen molar-refractivity contribution >= 4 is 16.7 Å². The lowest BCUT2D eigenvalue weighted by atomic mass is 9.95. The van der Waals surface area contributed by atoms with Gasteiger partial charge in [0, 0.05) is 12.5 Å². The van der Waals surface area contributed by atoms with Crippen molar-refractivity contribution in [1.82, 2.24) is 0 Å². The molecule has 0 amide bonds. The Hall–Kier alpha value is -2.03. The number of nitrogens with two attached hydrogens (primary N) is 2. The largest absolute Gasteiger partial charge is 0.370 e. The maximum absolute atomic E-state index is 5.36. The first-order chi connectivity index (χ1) is 8.18. The molecular weight excluding hydrogens is 210 g/mol. The zero-order chi connectivity index (χ0) is 12.3. The predicted octanol–water partition coefficient (Wildman–Crippen LogP) is 2.22. The van der Waals surface area contributed by atoms with Gasteiger partial charge in [-0.1, -0.05) is 49.4 Å². The van der Waals surface area contributed by atoms with Crippen LogP contribution in [0.1, 0.15) is 18.4 Å². The molecule has 0 aliphatic rings. The zero-order valence-corrected chi connectivity index (χ0v) is 9.93. The molecule has 3 nitrogen and oxygen atoms in total. The van der Waals surface area contributed by atoms with E-state index >= 15 is 0 Å². The summed E-state index contributed by atoms with van der Waals surface area (Å²) in [6.45, 7) is 2.75. The number of benzene rings is 2. The molecule has 2 rings (SSSR count). The van der Waals surface area contributed by atoms with Gasteiger partial charge in [-0.05, 0) is 16.3 Å². The van der Waals surface area contributed by atoms with E-state index in [0.717, 1.165) is 0 Å². The minimum atomic E-state index is 0.150. The summed E-state index contributed by atoms with van der Waals surface area (Å²) in [6.07, 6.45) is 0. The van der Waals surface area contributed by atoms with Crippen molar-refractivity contribution in [1.29, 1.82) is 0 Å². The Morgan fingerprint density at radius 1 is 1.12 bits per heavy atom. The third-order valence-electron chi connectivity index (χ3n) is 2.90. The second kappa shape index (κ2) is 4.87. The van der Waals surface area contributed by atoms with Gasteiger partial charge in [-0.15, -0.1) is 0 Å². The number of aliphatic imine (C=N–C) groups is 1. The number of hydrogen-bond donors (Lipinski definition) is 2. The molecule has 0 aliphatic carbocycles. The fourth-order valence-corrected chi connectivity index (χ4v) is 2.02. The molecule has 17 heavy (non-hydrogen) atoms. The van der Waals surface area contributed by atoms with Crippen LogP contribution in [0.25, 0.3) is 10.8 Å². The van der Waals surface area contributed by atoms with Crippen LogP contribution in [-0.2, 0) is 0 Å². The Labute approximate surface area is 101 Å². The Balaban J connectivity index is 2.38. The molecule has 0 radical (unpaired) electrons. The lowest BCUT2D eigenvalue weighted by Crippen LogP contribution is -2.23. The number of fused-ring (bicyclic) bond motifs is 1. The van der Waals surface area contributed by atoms with Crippen molar-refractivity contribution in [3.8, 4) is 0 Å². The van der Waals surface area contributed by atoms with Gasteiger partial charge in [0.15, 0.2) is 5.96 Å². The molecule has 0 aliphatic heterocycles. The summed E-state index contributed by atoms with van der Waals surface area (Å²) in [7, 11) is 0. The maximum atomic E-state index is 5.36. The van der Waals surface area contributed by atoms with Crippen molar-refractivity contribution < 1.29 is 0 Å². The van der Waals surface area contributed by atoms with Crippen LogP contribution >= 0.6 is 0 Å². The molecule has 2 aromatic rings. The van der Waals surface area contributed by atoms with Gasteiger partial charge in [-0.25, -0.2) is 0 Å². The lowest BCUT2D eigenvalue weighted by Gasteiger charge is -2.12. The molecule has 1 unspecified atom stereocenters. The van der Waals surface area contributed by atoms with Gasteiger partial charge in [0.1, 0.15) is 0 Å². The number of hydrogen-bond acceptors (Lipinski definition) is 1. The molecule has 3 heteroatoms. The molecule has 4 N–H and O–H groups in total. The topological polar surface area (TPSA) is 64.4 Å². The van der Waals surface area contributed by atoms with Crippen molar-refractivity contribution in [2.75, 3.05) is 6.54 Å². The third kappa shape index (κ3) is 2.56. The molecule has 1 atom stereocenters. The normalized spacial score (nSPS) is 12.3. The summed E-state index contributed by atoms with van der Waals surface area (Å²) in [5, 5.41) is 2.52. The Morgan fingerprint density at radius 3 is 2.59 bits per heavy atom. The van der Waals surface area contributed by atoms with Crippen LogP contribution in [0, 0.1) is 0 Å². The van der Waals surface area contributed by atoms with E-state index in [0.29, 0.717) is 12.5 Å².